The van der Waals surface area contributed by atoms with Crippen molar-refractivity contribution < 1.29 is 14.3 Å². The summed E-state index contributed by atoms with van der Waals surface area (Å²) in [6, 6.07) is 0. The Balaban J connectivity index is 3.01. The molecule has 0 saturated carbocycles. The first kappa shape index (κ1) is 8.77. The number of carbonyl (C=O) groups is 2. The van der Waals surface area contributed by atoms with Gasteiger partial charge in [-0.25, -0.2) is 9.69 Å². The topological polar surface area (TPSA) is 46.6 Å². The van der Waals surface area contributed by atoms with Crippen LogP contribution in [0.3, 0.4) is 0 Å². The Bertz CT molecular complexity index is 267. The van der Waals surface area contributed by atoms with E-state index < -0.39 is 11.7 Å². The molecule has 1 fully saturated rings. The Labute approximate surface area is 70.8 Å². The van der Waals surface area contributed by atoms with E-state index in [9.17, 15) is 9.59 Å². The molecule has 1 saturated heterocycles. The predicted octanol–water partition coefficient (Wildman–Crippen LogP) is 1.28. The van der Waals surface area contributed by atoms with Gasteiger partial charge in [0.05, 0.1) is 5.70 Å². The zero-order valence-corrected chi connectivity index (χ0v) is 7.38. The van der Waals surface area contributed by atoms with E-state index in [0.717, 1.165) is 4.90 Å². The summed E-state index contributed by atoms with van der Waals surface area (Å²) in [5.41, 5.74) is -0.372. The van der Waals surface area contributed by atoms with Gasteiger partial charge in [0.25, 0.3) is 0 Å². The monoisotopic (exact) mass is 169 g/mol. The van der Waals surface area contributed by atoms with Crippen molar-refractivity contribution in [2.24, 2.45) is 0 Å². The number of imide groups is 1. The highest BCUT2D eigenvalue weighted by Gasteiger charge is 2.43. The minimum Gasteiger partial charge on any atom is -0.436 e. The quantitative estimate of drug-likeness (QED) is 0.548. The molecule has 1 heterocycles. The van der Waals surface area contributed by atoms with Crippen molar-refractivity contribution in [2.75, 3.05) is 0 Å². The van der Waals surface area contributed by atoms with Crippen LogP contribution in [0.25, 0.3) is 0 Å². The average Bonchev–Trinajstić information content (AvgIpc) is 2.02. The molecule has 1 rings (SSSR count). The molecular weight excluding hydrogens is 158 g/mol. The molecule has 1 aliphatic heterocycles. The second-order valence-corrected chi connectivity index (χ2v) is 3.18. The number of carbonyl (C=O) groups excluding carboxylic acids is 2. The van der Waals surface area contributed by atoms with E-state index in [1.807, 2.05) is 0 Å². The van der Waals surface area contributed by atoms with Crippen LogP contribution in [0.5, 0.6) is 0 Å². The zero-order chi connectivity index (χ0) is 9.52. The molecule has 0 radical (unpaired) electrons. The van der Waals surface area contributed by atoms with Gasteiger partial charge in [-0.15, -0.1) is 0 Å². The van der Waals surface area contributed by atoms with Crippen LogP contribution >= 0.6 is 0 Å². The molecule has 1 aliphatic rings. The van der Waals surface area contributed by atoms with Gasteiger partial charge in [0.1, 0.15) is 5.60 Å². The van der Waals surface area contributed by atoms with Gasteiger partial charge in [-0.3, -0.25) is 4.79 Å². The summed E-state index contributed by atoms with van der Waals surface area (Å²) in [6.45, 7) is 8.30. The minimum atomic E-state index is -0.761. The Morgan fingerprint density at radius 2 is 2.08 bits per heavy atom. The van der Waals surface area contributed by atoms with Gasteiger partial charge in [0.2, 0.25) is 5.91 Å². The molecule has 0 aliphatic carbocycles. The fourth-order valence-corrected chi connectivity index (χ4v) is 1.02. The van der Waals surface area contributed by atoms with Gasteiger partial charge >= 0.3 is 6.09 Å². The molecule has 0 atom stereocenters. The van der Waals surface area contributed by atoms with Crippen molar-refractivity contribution in [3.05, 3.63) is 12.3 Å². The number of hydrogen-bond acceptors (Lipinski definition) is 3. The molecule has 0 unspecified atom stereocenters. The van der Waals surface area contributed by atoms with Crippen molar-refractivity contribution >= 4 is 12.0 Å². The standard InChI is InChI=1S/C8H11NO3/c1-5-8(3,4)12-7(11)9(5)6(2)10/h1H2,2-4H3. The molecule has 0 bridgehead atoms. The number of cyclic esters (lactones) is 1. The third-order valence-corrected chi connectivity index (χ3v) is 1.80. The van der Waals surface area contributed by atoms with E-state index in [4.69, 9.17) is 4.74 Å². The van der Waals surface area contributed by atoms with Crippen molar-refractivity contribution in [3.8, 4) is 0 Å². The summed E-state index contributed by atoms with van der Waals surface area (Å²) in [6.07, 6.45) is -0.641. The first-order valence-electron chi connectivity index (χ1n) is 3.59. The lowest BCUT2D eigenvalue weighted by molar-refractivity contribution is -0.124. The van der Waals surface area contributed by atoms with Gasteiger partial charge in [-0.05, 0) is 13.8 Å². The SMILES string of the molecule is C=C1N(C(C)=O)C(=O)OC1(C)C. The van der Waals surface area contributed by atoms with Crippen LogP contribution < -0.4 is 0 Å². The molecule has 0 aromatic rings. The number of amides is 2. The van der Waals surface area contributed by atoms with E-state index in [2.05, 4.69) is 6.58 Å². The summed E-state index contributed by atoms with van der Waals surface area (Å²) < 4.78 is 4.90. The Hall–Kier alpha value is -1.32. The van der Waals surface area contributed by atoms with Gasteiger partial charge < -0.3 is 4.74 Å². The molecule has 4 nitrogen and oxygen atoms in total. The molecular formula is C8H11NO3. The normalized spacial score (nSPS) is 21.1. The van der Waals surface area contributed by atoms with Gasteiger partial charge in [0.15, 0.2) is 0 Å². The van der Waals surface area contributed by atoms with Crippen molar-refractivity contribution in [1.82, 2.24) is 4.90 Å². The van der Waals surface area contributed by atoms with Gasteiger partial charge in [-0.2, -0.15) is 0 Å². The highest BCUT2D eigenvalue weighted by atomic mass is 16.6. The Morgan fingerprint density at radius 1 is 1.58 bits per heavy atom. The number of nitrogens with zero attached hydrogens (tertiary/aromatic N) is 1. The van der Waals surface area contributed by atoms with E-state index in [0.29, 0.717) is 5.70 Å². The first-order valence-corrected chi connectivity index (χ1v) is 3.59. The maximum absolute atomic E-state index is 11.1. The number of ether oxygens (including phenoxy) is 1. The minimum absolute atomic E-state index is 0.365. The van der Waals surface area contributed by atoms with Crippen LogP contribution in [0.4, 0.5) is 4.79 Å². The summed E-state index contributed by atoms with van der Waals surface area (Å²) in [7, 11) is 0. The number of rotatable bonds is 0. The molecule has 0 aromatic heterocycles. The largest absolute Gasteiger partial charge is 0.436 e. The fraction of sp³-hybridized carbons (Fsp3) is 0.500. The molecule has 66 valence electrons. The van der Waals surface area contributed by atoms with Crippen molar-refractivity contribution in [3.63, 3.8) is 0 Å². The summed E-state index contributed by atoms with van der Waals surface area (Å²) in [5.74, 6) is -0.365. The number of hydrogen-bond donors (Lipinski definition) is 0. The Kier molecular flexibility index (Phi) is 1.71. The van der Waals surface area contributed by atoms with Crippen molar-refractivity contribution in [2.45, 2.75) is 26.4 Å². The maximum Gasteiger partial charge on any atom is 0.422 e. The second kappa shape index (κ2) is 2.33. The van der Waals surface area contributed by atoms with E-state index in [-0.39, 0.29) is 5.91 Å². The lowest BCUT2D eigenvalue weighted by Crippen LogP contribution is -2.29. The molecule has 0 N–H and O–H groups in total. The van der Waals surface area contributed by atoms with Gasteiger partial charge in [0, 0.05) is 6.92 Å². The lowest BCUT2D eigenvalue weighted by Gasteiger charge is -2.16. The van der Waals surface area contributed by atoms with E-state index >= 15 is 0 Å². The fourth-order valence-electron chi connectivity index (χ4n) is 1.02. The second-order valence-electron chi connectivity index (χ2n) is 3.18. The Morgan fingerprint density at radius 3 is 2.25 bits per heavy atom. The summed E-state index contributed by atoms with van der Waals surface area (Å²) >= 11 is 0. The van der Waals surface area contributed by atoms with Crippen LogP contribution in [0.1, 0.15) is 20.8 Å². The maximum atomic E-state index is 11.1. The van der Waals surface area contributed by atoms with Crippen LogP contribution in [0.2, 0.25) is 0 Å². The zero-order valence-electron chi connectivity index (χ0n) is 7.38. The molecule has 4 heteroatoms. The van der Waals surface area contributed by atoms with Crippen LogP contribution in [0.15, 0.2) is 12.3 Å². The predicted molar refractivity (Wildman–Crippen MR) is 42.2 cm³/mol. The third kappa shape index (κ3) is 1.09. The summed E-state index contributed by atoms with van der Waals surface area (Å²) in [5, 5.41) is 0. The summed E-state index contributed by atoms with van der Waals surface area (Å²) in [4.78, 5) is 22.9. The molecule has 0 spiro atoms. The highest BCUT2D eigenvalue weighted by Crippen LogP contribution is 2.31. The van der Waals surface area contributed by atoms with Crippen LogP contribution in [-0.4, -0.2) is 22.5 Å². The molecule has 0 aromatic carbocycles. The highest BCUT2D eigenvalue weighted by molar-refractivity contribution is 5.95. The third-order valence-electron chi connectivity index (χ3n) is 1.80. The lowest BCUT2D eigenvalue weighted by atomic mass is 10.1. The molecule has 2 amide bonds. The van der Waals surface area contributed by atoms with E-state index in [1.165, 1.54) is 6.92 Å². The van der Waals surface area contributed by atoms with Gasteiger partial charge in [-0.1, -0.05) is 6.58 Å². The smallest absolute Gasteiger partial charge is 0.422 e. The molecule has 12 heavy (non-hydrogen) atoms. The average molecular weight is 169 g/mol. The van der Waals surface area contributed by atoms with E-state index in [1.54, 1.807) is 13.8 Å². The first-order chi connectivity index (χ1) is 5.36. The van der Waals surface area contributed by atoms with Crippen molar-refractivity contribution in [1.29, 1.82) is 0 Å². The van der Waals surface area contributed by atoms with Crippen LogP contribution in [0, 0.1) is 0 Å². The van der Waals surface area contributed by atoms with Crippen LogP contribution in [-0.2, 0) is 9.53 Å².